The van der Waals surface area contributed by atoms with Crippen LogP contribution in [-0.2, 0) is 39.5 Å². The van der Waals surface area contributed by atoms with Crippen LogP contribution in [0.5, 0.6) is 23.0 Å². The lowest BCUT2D eigenvalue weighted by molar-refractivity contribution is -0.138. The number of alkyl halides is 6. The Morgan fingerprint density at radius 3 is 1.62 bits per heavy atom. The van der Waals surface area contributed by atoms with Gasteiger partial charge in [0.25, 0.3) is 11.1 Å². The van der Waals surface area contributed by atoms with E-state index in [0.29, 0.717) is 46.4 Å². The first kappa shape index (κ1) is 55.6. The highest BCUT2D eigenvalue weighted by molar-refractivity contribution is 6.30. The van der Waals surface area contributed by atoms with Crippen molar-refractivity contribution in [1.82, 2.24) is 38.2 Å². The molecule has 8 rings (SSSR count). The normalized spacial score (nSPS) is 11.9. The van der Waals surface area contributed by atoms with E-state index in [-0.39, 0.29) is 63.7 Å². The van der Waals surface area contributed by atoms with Crippen molar-refractivity contribution >= 4 is 51.6 Å². The Hall–Kier alpha value is -7.69. The van der Waals surface area contributed by atoms with E-state index in [9.17, 15) is 55.4 Å². The molecule has 24 heteroatoms. The van der Waals surface area contributed by atoms with Gasteiger partial charge in [-0.25, -0.2) is 19.6 Å². The summed E-state index contributed by atoms with van der Waals surface area (Å²) >= 11 is 11.5. The molecule has 0 amide bonds. The standard InChI is InChI=1S/C25H22ClF3N4O4.C18H17F3N4O3.C7H5ClO/c1-3-4-9-33-23(35)20-19(21(34)14-5-7-16(26)8-6-14)18(13-31-22(20)32(2)24(33)36)37-17-10-15(11-30-12-17)25(27,28)29;1-3-4-5-25-16(26)14-7-13(10-23-15(14)24(2)17(25)27)28-12-6-11(8-22-9-12)18(19,20)21;8-7-3-1-6(5-9)2-4-7/h5-8,10-13,21,34H,3-4,9H2,1-2H3;6-10H,3-5H2,1-2H3;1-5H. The van der Waals surface area contributed by atoms with Crippen LogP contribution in [-0.4, -0.2) is 49.6 Å². The molecule has 1 atom stereocenters. The Morgan fingerprint density at radius 2 is 1.11 bits per heavy atom. The van der Waals surface area contributed by atoms with E-state index in [1.165, 1.54) is 59.8 Å². The molecule has 0 radical (unpaired) electrons. The fourth-order valence-corrected chi connectivity index (χ4v) is 7.39. The molecule has 6 aromatic heterocycles. The zero-order valence-electron chi connectivity index (χ0n) is 39.6. The summed E-state index contributed by atoms with van der Waals surface area (Å²) < 4.78 is 93.8. The maximum atomic E-state index is 13.6. The molecule has 0 aliphatic rings. The van der Waals surface area contributed by atoms with E-state index < -0.39 is 52.1 Å². The highest BCUT2D eigenvalue weighted by Crippen LogP contribution is 2.38. The first-order chi connectivity index (χ1) is 35.1. The molecule has 1 N–H and O–H groups in total. The van der Waals surface area contributed by atoms with Gasteiger partial charge >= 0.3 is 23.7 Å². The number of aldehydes is 1. The lowest BCUT2D eigenvalue weighted by atomic mass is 9.98. The number of hydrogen-bond acceptors (Lipinski definition) is 12. The molecule has 8 aromatic rings. The molecule has 74 heavy (non-hydrogen) atoms. The molecule has 2 aromatic carbocycles. The Bertz CT molecular complexity index is 3550. The van der Waals surface area contributed by atoms with Crippen LogP contribution in [0.3, 0.4) is 0 Å². The number of unbranched alkanes of at least 4 members (excludes halogenated alkanes) is 2. The van der Waals surface area contributed by atoms with Crippen molar-refractivity contribution in [3.05, 3.63) is 183 Å². The van der Waals surface area contributed by atoms with E-state index in [1.807, 2.05) is 13.8 Å². The number of nitrogens with zero attached hydrogens (tertiary/aromatic N) is 8. The lowest BCUT2D eigenvalue weighted by Gasteiger charge is -2.20. The number of carbonyl (C=O) groups is 1. The average Bonchev–Trinajstić information content (AvgIpc) is 3.37. The summed E-state index contributed by atoms with van der Waals surface area (Å²) in [6.45, 7) is 4.24. The number of pyridine rings is 4. The summed E-state index contributed by atoms with van der Waals surface area (Å²) in [5.41, 5.74) is -3.20. The average molecular weight is 1070 g/mol. The van der Waals surface area contributed by atoms with Crippen molar-refractivity contribution in [1.29, 1.82) is 0 Å². The van der Waals surface area contributed by atoms with Gasteiger partial charge in [0.15, 0.2) is 5.75 Å². The quantitative estimate of drug-likeness (QED) is 0.0849. The number of hydrogen-bond donors (Lipinski definition) is 1. The fourth-order valence-electron chi connectivity index (χ4n) is 7.13. The number of aliphatic hydroxyl groups excluding tert-OH is 1. The molecule has 388 valence electrons. The number of aromatic nitrogens is 8. The molecule has 0 saturated heterocycles. The number of halogens is 8. The van der Waals surface area contributed by atoms with Crippen LogP contribution in [0.2, 0.25) is 10.0 Å². The molecular weight excluding hydrogens is 1030 g/mol. The zero-order valence-corrected chi connectivity index (χ0v) is 41.1. The Balaban J connectivity index is 0.000000211. The number of rotatable bonds is 13. The Labute approximate surface area is 425 Å². The smallest absolute Gasteiger partial charge is 0.418 e. The van der Waals surface area contributed by atoms with Crippen molar-refractivity contribution in [2.75, 3.05) is 0 Å². The Kier molecular flexibility index (Phi) is 18.0. The number of ether oxygens (including phenoxy) is 2. The molecule has 0 spiro atoms. The molecule has 0 aliphatic heterocycles. The van der Waals surface area contributed by atoms with Crippen LogP contribution >= 0.6 is 23.2 Å². The van der Waals surface area contributed by atoms with E-state index in [2.05, 4.69) is 19.9 Å². The third-order valence-electron chi connectivity index (χ3n) is 11.0. The highest BCUT2D eigenvalue weighted by Gasteiger charge is 2.33. The number of aliphatic hydroxyl groups is 1. The van der Waals surface area contributed by atoms with Crippen LogP contribution in [0.15, 0.2) is 123 Å². The second kappa shape index (κ2) is 23.9. The Morgan fingerprint density at radius 1 is 0.635 bits per heavy atom. The minimum absolute atomic E-state index is 0.0136. The predicted molar refractivity (Wildman–Crippen MR) is 263 cm³/mol. The number of fused-ring (bicyclic) bond motifs is 2. The van der Waals surface area contributed by atoms with Crippen molar-refractivity contribution in [3.63, 3.8) is 0 Å². The second-order valence-electron chi connectivity index (χ2n) is 16.2. The van der Waals surface area contributed by atoms with Gasteiger partial charge < -0.3 is 14.6 Å². The predicted octanol–water partition coefficient (Wildman–Crippen LogP) is 10.1. The summed E-state index contributed by atoms with van der Waals surface area (Å²) in [4.78, 5) is 76.9. The van der Waals surface area contributed by atoms with E-state index in [1.54, 1.807) is 24.3 Å². The van der Waals surface area contributed by atoms with Crippen molar-refractivity contribution < 1.29 is 45.7 Å². The summed E-state index contributed by atoms with van der Waals surface area (Å²) in [5.74, 6) is -0.538. The zero-order chi connectivity index (χ0) is 54.1. The third kappa shape index (κ3) is 13.1. The minimum Gasteiger partial charge on any atom is -0.454 e. The monoisotopic (exact) mass is 1070 g/mol. The molecule has 0 saturated carbocycles. The SMILES string of the molecule is CCCCn1c(=O)c2c(C(O)c3ccc(Cl)cc3)c(Oc3cncc(C(F)(F)F)c3)cnc2n(C)c1=O.CCCCn1c(=O)c2cc(Oc3cncc(C(F)(F)F)c3)cnc2n(C)c1=O.O=Cc1ccc(Cl)cc1. The van der Waals surface area contributed by atoms with Crippen molar-refractivity contribution in [2.24, 2.45) is 14.1 Å². The van der Waals surface area contributed by atoms with Gasteiger partial charge in [0, 0.05) is 60.8 Å². The number of carbonyl (C=O) groups excluding carboxylic acids is 1. The maximum Gasteiger partial charge on any atom is 0.418 e. The first-order valence-electron chi connectivity index (χ1n) is 22.3. The van der Waals surface area contributed by atoms with Gasteiger partial charge in [-0.15, -0.1) is 0 Å². The van der Waals surface area contributed by atoms with Crippen LogP contribution < -0.4 is 32.0 Å². The van der Waals surface area contributed by atoms with Gasteiger partial charge in [-0.2, -0.15) is 26.3 Å². The maximum absolute atomic E-state index is 13.6. The highest BCUT2D eigenvalue weighted by atomic mass is 35.5. The van der Waals surface area contributed by atoms with Crippen LogP contribution in [0.4, 0.5) is 26.3 Å². The van der Waals surface area contributed by atoms with Gasteiger partial charge in [0.05, 0.1) is 46.7 Å². The second-order valence-corrected chi connectivity index (χ2v) is 17.1. The topological polar surface area (TPSA) is 195 Å². The van der Waals surface area contributed by atoms with Crippen LogP contribution in [0, 0.1) is 0 Å². The largest absolute Gasteiger partial charge is 0.454 e. The van der Waals surface area contributed by atoms with Crippen molar-refractivity contribution in [2.45, 2.75) is 71.1 Å². The third-order valence-corrected chi connectivity index (χ3v) is 11.5. The number of benzene rings is 2. The van der Waals surface area contributed by atoms with E-state index >= 15 is 0 Å². The van der Waals surface area contributed by atoms with Gasteiger partial charge in [0.1, 0.15) is 40.9 Å². The molecule has 6 heterocycles. The van der Waals surface area contributed by atoms with Crippen molar-refractivity contribution in [3.8, 4) is 23.0 Å². The molecule has 0 bridgehead atoms. The molecule has 16 nitrogen and oxygen atoms in total. The lowest BCUT2D eigenvalue weighted by Crippen LogP contribution is -2.40. The summed E-state index contributed by atoms with van der Waals surface area (Å²) in [7, 11) is 2.94. The number of aryl methyl sites for hydroxylation is 2. The van der Waals surface area contributed by atoms with Crippen LogP contribution in [0.1, 0.15) is 78.2 Å². The molecular formula is C50H44Cl2F6N8O8. The fraction of sp³-hybridized carbons (Fsp3) is 0.260. The first-order valence-corrected chi connectivity index (χ1v) is 23.1. The van der Waals surface area contributed by atoms with Gasteiger partial charge in [-0.3, -0.25) is 42.6 Å². The molecule has 1 unspecified atom stereocenters. The minimum atomic E-state index is -4.66. The van der Waals surface area contributed by atoms with Gasteiger partial charge in [-0.05, 0) is 60.9 Å². The summed E-state index contributed by atoms with van der Waals surface area (Å²) in [6, 6.07) is 15.8. The van der Waals surface area contributed by atoms with Gasteiger partial charge in [0.2, 0.25) is 0 Å². The summed E-state index contributed by atoms with van der Waals surface area (Å²) in [5, 5.41) is 12.5. The van der Waals surface area contributed by atoms with E-state index in [0.717, 1.165) is 59.0 Å². The summed E-state index contributed by atoms with van der Waals surface area (Å²) in [6.07, 6.45) is -1.26. The van der Waals surface area contributed by atoms with Gasteiger partial charge in [-0.1, -0.05) is 74.2 Å². The van der Waals surface area contributed by atoms with Crippen LogP contribution in [0.25, 0.3) is 22.1 Å². The molecule has 0 fully saturated rings. The molecule has 0 aliphatic carbocycles. The van der Waals surface area contributed by atoms with E-state index in [4.69, 9.17) is 32.7 Å².